The molecule has 1 aromatic carbocycles. The number of rotatable bonds is 3. The molecule has 1 aromatic rings. The second kappa shape index (κ2) is 6.20. The van der Waals surface area contributed by atoms with Gasteiger partial charge in [0.2, 0.25) is 5.90 Å². The lowest BCUT2D eigenvalue weighted by atomic mass is 9.93. The number of hydrogen-bond acceptors (Lipinski definition) is 3. The van der Waals surface area contributed by atoms with Crippen LogP contribution in [0.25, 0.3) is 0 Å². The lowest BCUT2D eigenvalue weighted by Crippen LogP contribution is -2.23. The van der Waals surface area contributed by atoms with E-state index in [1.165, 1.54) is 11.1 Å². The second-order valence-electron chi connectivity index (χ2n) is 5.50. The summed E-state index contributed by atoms with van der Waals surface area (Å²) < 4.78 is 11.0. The molecule has 1 aliphatic rings. The van der Waals surface area contributed by atoms with E-state index in [9.17, 15) is 0 Å². The van der Waals surface area contributed by atoms with Crippen LogP contribution in [-0.2, 0) is 9.47 Å². The third kappa shape index (κ3) is 3.35. The van der Waals surface area contributed by atoms with Gasteiger partial charge in [0, 0.05) is 0 Å². The van der Waals surface area contributed by atoms with Crippen LogP contribution in [0.1, 0.15) is 50.7 Å². The van der Waals surface area contributed by atoms with Gasteiger partial charge >= 0.3 is 0 Å². The highest BCUT2D eigenvalue weighted by atomic mass is 16.6. The Morgan fingerprint density at radius 1 is 1.00 bits per heavy atom. The molecule has 0 N–H and O–H groups in total. The molecule has 0 spiro atoms. The molecule has 3 nitrogen and oxygen atoms in total. The van der Waals surface area contributed by atoms with Crippen LogP contribution >= 0.6 is 0 Å². The SMILES string of the molecule is CC(C)c1cccc(C(C)C)c1N=C1COCCO1. The second-order valence-corrected chi connectivity index (χ2v) is 5.50. The van der Waals surface area contributed by atoms with Gasteiger partial charge in [0.15, 0.2) is 0 Å². The van der Waals surface area contributed by atoms with Crippen molar-refractivity contribution >= 4 is 11.6 Å². The quantitative estimate of drug-likeness (QED) is 0.823. The highest BCUT2D eigenvalue weighted by Gasteiger charge is 2.15. The first-order valence-electron chi connectivity index (χ1n) is 7.00. The van der Waals surface area contributed by atoms with Gasteiger partial charge in [-0.3, -0.25) is 0 Å². The molecule has 104 valence electrons. The van der Waals surface area contributed by atoms with Crippen LogP contribution in [0.5, 0.6) is 0 Å². The molecule has 0 radical (unpaired) electrons. The summed E-state index contributed by atoms with van der Waals surface area (Å²) in [5.74, 6) is 1.59. The molecule has 1 aliphatic heterocycles. The predicted octanol–water partition coefficient (Wildman–Crippen LogP) is 4.01. The zero-order valence-electron chi connectivity index (χ0n) is 12.3. The monoisotopic (exact) mass is 261 g/mol. The summed E-state index contributed by atoms with van der Waals surface area (Å²) in [4.78, 5) is 4.73. The maximum Gasteiger partial charge on any atom is 0.215 e. The van der Waals surface area contributed by atoms with E-state index in [0.29, 0.717) is 37.6 Å². The Kier molecular flexibility index (Phi) is 4.59. The molecule has 0 atom stereocenters. The lowest BCUT2D eigenvalue weighted by Gasteiger charge is -2.19. The maximum absolute atomic E-state index is 5.58. The zero-order chi connectivity index (χ0) is 13.8. The molecular weight excluding hydrogens is 238 g/mol. The van der Waals surface area contributed by atoms with E-state index in [1.54, 1.807) is 0 Å². The Balaban J connectivity index is 2.45. The summed E-state index contributed by atoms with van der Waals surface area (Å²) >= 11 is 0. The highest BCUT2D eigenvalue weighted by Crippen LogP contribution is 2.34. The minimum atomic E-state index is 0.447. The summed E-state index contributed by atoms with van der Waals surface area (Å²) in [5.41, 5.74) is 3.61. The third-order valence-corrected chi connectivity index (χ3v) is 3.30. The molecule has 0 saturated carbocycles. The van der Waals surface area contributed by atoms with Gasteiger partial charge in [0.05, 0.1) is 12.3 Å². The van der Waals surface area contributed by atoms with Crippen LogP contribution in [0.4, 0.5) is 5.69 Å². The first-order valence-corrected chi connectivity index (χ1v) is 7.00. The van der Waals surface area contributed by atoms with Crippen LogP contribution in [0.15, 0.2) is 23.2 Å². The lowest BCUT2D eigenvalue weighted by molar-refractivity contribution is 0.0718. The fourth-order valence-electron chi connectivity index (χ4n) is 2.25. The fourth-order valence-corrected chi connectivity index (χ4v) is 2.25. The minimum absolute atomic E-state index is 0.447. The highest BCUT2D eigenvalue weighted by molar-refractivity contribution is 5.82. The van der Waals surface area contributed by atoms with E-state index in [4.69, 9.17) is 14.5 Å². The van der Waals surface area contributed by atoms with E-state index in [-0.39, 0.29) is 0 Å². The Morgan fingerprint density at radius 2 is 1.63 bits per heavy atom. The molecule has 0 amide bonds. The molecule has 0 aromatic heterocycles. The van der Waals surface area contributed by atoms with E-state index < -0.39 is 0 Å². The molecule has 1 heterocycles. The van der Waals surface area contributed by atoms with Crippen LogP contribution < -0.4 is 0 Å². The number of hydrogen-bond donors (Lipinski definition) is 0. The van der Waals surface area contributed by atoms with Gasteiger partial charge in [-0.1, -0.05) is 45.9 Å². The molecule has 0 aliphatic carbocycles. The van der Waals surface area contributed by atoms with Gasteiger partial charge < -0.3 is 9.47 Å². The van der Waals surface area contributed by atoms with Crippen molar-refractivity contribution in [2.24, 2.45) is 4.99 Å². The van der Waals surface area contributed by atoms with Crippen molar-refractivity contribution < 1.29 is 9.47 Å². The summed E-state index contributed by atoms with van der Waals surface area (Å²) in [6.07, 6.45) is 0. The Labute approximate surface area is 115 Å². The topological polar surface area (TPSA) is 30.8 Å². The largest absolute Gasteiger partial charge is 0.477 e. The average molecular weight is 261 g/mol. The van der Waals surface area contributed by atoms with Crippen molar-refractivity contribution in [1.29, 1.82) is 0 Å². The Bertz CT molecular complexity index is 430. The fraction of sp³-hybridized carbons (Fsp3) is 0.562. The van der Waals surface area contributed by atoms with Crippen LogP contribution in [0.3, 0.4) is 0 Å². The van der Waals surface area contributed by atoms with E-state index in [1.807, 2.05) is 0 Å². The van der Waals surface area contributed by atoms with E-state index >= 15 is 0 Å². The smallest absolute Gasteiger partial charge is 0.215 e. The van der Waals surface area contributed by atoms with Crippen molar-refractivity contribution in [3.63, 3.8) is 0 Å². The molecule has 19 heavy (non-hydrogen) atoms. The van der Waals surface area contributed by atoms with Gasteiger partial charge in [-0.05, 0) is 23.0 Å². The number of benzene rings is 1. The Hall–Kier alpha value is -1.35. The molecular formula is C16H23NO2. The van der Waals surface area contributed by atoms with Crippen LogP contribution in [0, 0.1) is 0 Å². The van der Waals surface area contributed by atoms with E-state index in [2.05, 4.69) is 45.9 Å². The molecule has 1 fully saturated rings. The zero-order valence-corrected chi connectivity index (χ0v) is 12.3. The number of nitrogens with zero attached hydrogens (tertiary/aromatic N) is 1. The van der Waals surface area contributed by atoms with Gasteiger partial charge in [0.25, 0.3) is 0 Å². The van der Waals surface area contributed by atoms with E-state index in [0.717, 1.165) is 5.69 Å². The predicted molar refractivity (Wildman–Crippen MR) is 78.5 cm³/mol. The Morgan fingerprint density at radius 3 is 2.11 bits per heavy atom. The van der Waals surface area contributed by atoms with Crippen molar-refractivity contribution in [2.75, 3.05) is 19.8 Å². The van der Waals surface area contributed by atoms with Gasteiger partial charge in [-0.2, -0.15) is 0 Å². The minimum Gasteiger partial charge on any atom is -0.477 e. The molecule has 1 saturated heterocycles. The average Bonchev–Trinajstić information content (AvgIpc) is 2.39. The summed E-state index contributed by atoms with van der Waals surface area (Å²) in [6, 6.07) is 6.42. The molecule has 0 unspecified atom stereocenters. The molecule has 2 rings (SSSR count). The molecule has 3 heteroatoms. The molecule has 0 bridgehead atoms. The summed E-state index contributed by atoms with van der Waals surface area (Å²) in [7, 11) is 0. The first-order chi connectivity index (χ1) is 9.09. The normalized spacial score (nSPS) is 18.1. The van der Waals surface area contributed by atoms with Crippen molar-refractivity contribution in [1.82, 2.24) is 0 Å². The van der Waals surface area contributed by atoms with Crippen LogP contribution in [0.2, 0.25) is 0 Å². The van der Waals surface area contributed by atoms with Gasteiger partial charge in [-0.15, -0.1) is 0 Å². The number of para-hydroxylation sites is 1. The summed E-state index contributed by atoms with van der Waals surface area (Å²) in [5, 5.41) is 0. The van der Waals surface area contributed by atoms with Crippen molar-refractivity contribution in [3.05, 3.63) is 29.3 Å². The number of aliphatic imine (C=N–C) groups is 1. The summed E-state index contributed by atoms with van der Waals surface area (Å²) in [6.45, 7) is 10.5. The third-order valence-electron chi connectivity index (χ3n) is 3.30. The van der Waals surface area contributed by atoms with Crippen molar-refractivity contribution in [3.8, 4) is 0 Å². The van der Waals surface area contributed by atoms with Gasteiger partial charge in [0.1, 0.15) is 13.2 Å². The number of ether oxygens (including phenoxy) is 2. The van der Waals surface area contributed by atoms with Crippen molar-refractivity contribution in [2.45, 2.75) is 39.5 Å². The van der Waals surface area contributed by atoms with Gasteiger partial charge in [-0.25, -0.2) is 4.99 Å². The maximum atomic E-state index is 5.58. The van der Waals surface area contributed by atoms with Crippen LogP contribution in [-0.4, -0.2) is 25.7 Å². The standard InChI is InChI=1S/C16H23NO2/c1-11(2)13-6-5-7-14(12(3)4)16(13)17-15-10-18-8-9-19-15/h5-7,11-12H,8-10H2,1-4H3. The first kappa shape index (κ1) is 14.1.